The number of carbonyl (C=O) groups is 1. The summed E-state index contributed by atoms with van der Waals surface area (Å²) in [6.45, 7) is 4.92. The van der Waals surface area contributed by atoms with Crippen LogP contribution in [0.15, 0.2) is 18.2 Å². The first-order valence-electron chi connectivity index (χ1n) is 7.92. The van der Waals surface area contributed by atoms with Gasteiger partial charge in [-0.05, 0) is 49.9 Å². The van der Waals surface area contributed by atoms with Crippen LogP contribution in [0.5, 0.6) is 0 Å². The minimum absolute atomic E-state index is 0.0316. The van der Waals surface area contributed by atoms with E-state index >= 15 is 0 Å². The standard InChI is InChI=1S/C17H22ClFN2O/c1-17(5-7-20-8-6-17)10-21-16(22)12-9-11(12)15-13(18)3-2-4-14(15)19/h2-4,11-12,20H,5-10H2,1H3,(H,21,22). The summed E-state index contributed by atoms with van der Waals surface area (Å²) in [6.07, 6.45) is 2.83. The molecule has 2 fully saturated rings. The molecule has 0 aromatic heterocycles. The zero-order valence-electron chi connectivity index (χ0n) is 12.8. The van der Waals surface area contributed by atoms with Gasteiger partial charge in [0.15, 0.2) is 0 Å². The van der Waals surface area contributed by atoms with Gasteiger partial charge in [-0.3, -0.25) is 4.79 Å². The monoisotopic (exact) mass is 324 g/mol. The lowest BCUT2D eigenvalue weighted by atomic mass is 9.81. The molecule has 2 N–H and O–H groups in total. The largest absolute Gasteiger partial charge is 0.355 e. The van der Waals surface area contributed by atoms with Gasteiger partial charge in [0.25, 0.3) is 0 Å². The fourth-order valence-corrected chi connectivity index (χ4v) is 3.61. The number of halogens is 2. The van der Waals surface area contributed by atoms with Gasteiger partial charge < -0.3 is 10.6 Å². The van der Waals surface area contributed by atoms with E-state index < -0.39 is 0 Å². The van der Waals surface area contributed by atoms with Crippen molar-refractivity contribution >= 4 is 17.5 Å². The number of hydrogen-bond acceptors (Lipinski definition) is 2. The molecule has 1 saturated carbocycles. The van der Waals surface area contributed by atoms with Crippen molar-refractivity contribution in [2.24, 2.45) is 11.3 Å². The van der Waals surface area contributed by atoms with Gasteiger partial charge in [0.1, 0.15) is 5.82 Å². The second-order valence-electron chi connectivity index (χ2n) is 6.86. The number of hydrogen-bond donors (Lipinski definition) is 2. The van der Waals surface area contributed by atoms with Gasteiger partial charge in [-0.1, -0.05) is 24.6 Å². The van der Waals surface area contributed by atoms with Crippen molar-refractivity contribution in [3.63, 3.8) is 0 Å². The van der Waals surface area contributed by atoms with Crippen molar-refractivity contribution in [2.75, 3.05) is 19.6 Å². The first-order valence-corrected chi connectivity index (χ1v) is 8.30. The van der Waals surface area contributed by atoms with Crippen LogP contribution in [-0.2, 0) is 4.79 Å². The molecule has 0 bridgehead atoms. The summed E-state index contributed by atoms with van der Waals surface area (Å²) in [5.74, 6) is -0.489. The number of amides is 1. The van der Waals surface area contributed by atoms with Gasteiger partial charge >= 0.3 is 0 Å². The third-order valence-corrected chi connectivity index (χ3v) is 5.33. The molecule has 1 aliphatic heterocycles. The Morgan fingerprint density at radius 1 is 1.45 bits per heavy atom. The number of benzene rings is 1. The maximum absolute atomic E-state index is 13.9. The Labute approximate surface area is 135 Å². The molecule has 1 aromatic rings. The van der Waals surface area contributed by atoms with Crippen molar-refractivity contribution in [3.8, 4) is 0 Å². The average Bonchev–Trinajstić information content (AvgIpc) is 3.26. The van der Waals surface area contributed by atoms with Gasteiger partial charge in [0, 0.05) is 29.0 Å². The van der Waals surface area contributed by atoms with Crippen LogP contribution in [0, 0.1) is 17.2 Å². The van der Waals surface area contributed by atoms with E-state index in [0.717, 1.165) is 25.9 Å². The molecule has 120 valence electrons. The first kappa shape index (κ1) is 15.8. The lowest BCUT2D eigenvalue weighted by Crippen LogP contribution is -2.43. The van der Waals surface area contributed by atoms with Crippen molar-refractivity contribution in [1.29, 1.82) is 0 Å². The SMILES string of the molecule is CC1(CNC(=O)C2CC2c2c(F)cccc2Cl)CCNCC1. The van der Waals surface area contributed by atoms with Gasteiger partial charge in [-0.2, -0.15) is 0 Å². The van der Waals surface area contributed by atoms with Crippen LogP contribution in [0.2, 0.25) is 5.02 Å². The van der Waals surface area contributed by atoms with E-state index in [-0.39, 0.29) is 29.0 Å². The predicted molar refractivity (Wildman–Crippen MR) is 85.5 cm³/mol. The molecule has 2 unspecified atom stereocenters. The Bertz CT molecular complexity index is 552. The molecule has 3 rings (SSSR count). The zero-order valence-corrected chi connectivity index (χ0v) is 13.5. The molecule has 2 atom stereocenters. The van der Waals surface area contributed by atoms with E-state index in [1.807, 2.05) is 0 Å². The Hall–Kier alpha value is -1.13. The summed E-state index contributed by atoms with van der Waals surface area (Å²) < 4.78 is 13.9. The quantitative estimate of drug-likeness (QED) is 0.893. The summed E-state index contributed by atoms with van der Waals surface area (Å²) in [4.78, 5) is 12.3. The van der Waals surface area contributed by atoms with Crippen molar-refractivity contribution in [2.45, 2.75) is 32.1 Å². The molecule has 1 aliphatic carbocycles. The molecule has 3 nitrogen and oxygen atoms in total. The molecule has 5 heteroatoms. The van der Waals surface area contributed by atoms with Crippen LogP contribution >= 0.6 is 11.6 Å². The number of carbonyl (C=O) groups excluding carboxylic acids is 1. The Morgan fingerprint density at radius 3 is 2.86 bits per heavy atom. The summed E-state index contributed by atoms with van der Waals surface area (Å²) >= 11 is 6.08. The highest BCUT2D eigenvalue weighted by molar-refractivity contribution is 6.31. The number of piperidine rings is 1. The fraction of sp³-hybridized carbons (Fsp3) is 0.588. The highest BCUT2D eigenvalue weighted by atomic mass is 35.5. The zero-order chi connectivity index (χ0) is 15.7. The average molecular weight is 325 g/mol. The normalized spacial score (nSPS) is 26.5. The minimum atomic E-state index is -0.307. The molecule has 1 aromatic carbocycles. The first-order chi connectivity index (χ1) is 10.5. The van der Waals surface area contributed by atoms with E-state index in [0.29, 0.717) is 23.6 Å². The summed E-state index contributed by atoms with van der Waals surface area (Å²) in [5, 5.41) is 6.82. The predicted octanol–water partition coefficient (Wildman–Crippen LogP) is 3.09. The van der Waals surface area contributed by atoms with Gasteiger partial charge in [0.2, 0.25) is 5.91 Å². The number of rotatable bonds is 4. The third kappa shape index (κ3) is 3.28. The molecular formula is C17H22ClFN2O. The van der Waals surface area contributed by atoms with Gasteiger partial charge in [-0.15, -0.1) is 0 Å². The molecule has 0 spiro atoms. The van der Waals surface area contributed by atoms with Crippen LogP contribution in [0.25, 0.3) is 0 Å². The molecule has 0 radical (unpaired) electrons. The second-order valence-corrected chi connectivity index (χ2v) is 7.27. The Kier molecular flexibility index (Phi) is 4.42. The molecule has 1 amide bonds. The maximum Gasteiger partial charge on any atom is 0.223 e. The lowest BCUT2D eigenvalue weighted by Gasteiger charge is -2.34. The van der Waals surface area contributed by atoms with Crippen LogP contribution in [0.1, 0.15) is 37.7 Å². The number of nitrogens with one attached hydrogen (secondary N) is 2. The van der Waals surface area contributed by atoms with Crippen molar-refractivity contribution in [3.05, 3.63) is 34.6 Å². The molecule has 2 aliphatic rings. The molecule has 1 saturated heterocycles. The van der Waals surface area contributed by atoms with E-state index in [1.165, 1.54) is 6.07 Å². The summed E-state index contributed by atoms with van der Waals surface area (Å²) in [5.41, 5.74) is 0.665. The topological polar surface area (TPSA) is 41.1 Å². The highest BCUT2D eigenvalue weighted by Crippen LogP contribution is 2.50. The molecular weight excluding hydrogens is 303 g/mol. The van der Waals surface area contributed by atoms with E-state index in [1.54, 1.807) is 12.1 Å². The fourth-order valence-electron chi connectivity index (χ4n) is 3.31. The van der Waals surface area contributed by atoms with E-state index in [2.05, 4.69) is 17.6 Å². The van der Waals surface area contributed by atoms with E-state index in [9.17, 15) is 9.18 Å². The van der Waals surface area contributed by atoms with Crippen LogP contribution in [0.3, 0.4) is 0 Å². The van der Waals surface area contributed by atoms with Gasteiger partial charge in [-0.25, -0.2) is 4.39 Å². The van der Waals surface area contributed by atoms with Crippen molar-refractivity contribution in [1.82, 2.24) is 10.6 Å². The van der Waals surface area contributed by atoms with E-state index in [4.69, 9.17) is 11.6 Å². The Morgan fingerprint density at radius 2 is 2.18 bits per heavy atom. The van der Waals surface area contributed by atoms with Crippen LogP contribution < -0.4 is 10.6 Å². The minimum Gasteiger partial charge on any atom is -0.355 e. The second kappa shape index (κ2) is 6.17. The smallest absolute Gasteiger partial charge is 0.223 e. The van der Waals surface area contributed by atoms with Crippen LogP contribution in [0.4, 0.5) is 4.39 Å². The van der Waals surface area contributed by atoms with Crippen LogP contribution in [-0.4, -0.2) is 25.5 Å². The van der Waals surface area contributed by atoms with Gasteiger partial charge in [0.05, 0.1) is 0 Å². The Balaban J connectivity index is 1.57. The van der Waals surface area contributed by atoms with Crippen molar-refractivity contribution < 1.29 is 9.18 Å². The highest BCUT2D eigenvalue weighted by Gasteiger charge is 2.46. The molecule has 1 heterocycles. The summed E-state index contributed by atoms with van der Waals surface area (Å²) in [7, 11) is 0. The third-order valence-electron chi connectivity index (χ3n) is 5.00. The lowest BCUT2D eigenvalue weighted by molar-refractivity contribution is -0.123. The molecule has 22 heavy (non-hydrogen) atoms. The maximum atomic E-state index is 13.9. The summed E-state index contributed by atoms with van der Waals surface area (Å²) in [6, 6.07) is 4.68.